The zero-order valence-electron chi connectivity index (χ0n) is 14.0. The summed E-state index contributed by atoms with van der Waals surface area (Å²) >= 11 is 0. The molecule has 2 rings (SSSR count). The number of carbonyl (C=O) groups is 1. The van der Waals surface area contributed by atoms with E-state index in [1.807, 2.05) is 0 Å². The average Bonchev–Trinajstić information content (AvgIpc) is 2.55. The van der Waals surface area contributed by atoms with E-state index in [1.54, 1.807) is 30.3 Å². The highest BCUT2D eigenvalue weighted by Gasteiger charge is 2.32. The maximum Gasteiger partial charge on any atom is 0.416 e. The molecule has 0 aliphatic carbocycles. The highest BCUT2D eigenvalue weighted by molar-refractivity contribution is 7.88. The monoisotopic (exact) mass is 386 g/mol. The van der Waals surface area contributed by atoms with Gasteiger partial charge in [0.05, 0.1) is 11.8 Å². The van der Waals surface area contributed by atoms with Gasteiger partial charge in [0, 0.05) is 12.7 Å². The van der Waals surface area contributed by atoms with Crippen molar-refractivity contribution in [3.8, 4) is 0 Å². The fraction of sp³-hybridized carbons (Fsp3) is 0.235. The molecule has 0 bridgehead atoms. The molecule has 0 unspecified atom stereocenters. The van der Waals surface area contributed by atoms with Crippen molar-refractivity contribution in [2.45, 2.75) is 12.2 Å². The molecule has 0 saturated carbocycles. The molecule has 0 saturated heterocycles. The van der Waals surface area contributed by atoms with Crippen molar-refractivity contribution >= 4 is 21.6 Å². The number of alkyl halides is 3. The third kappa shape index (κ3) is 4.83. The minimum atomic E-state index is -4.48. The average molecular weight is 386 g/mol. The first-order valence-corrected chi connectivity index (χ1v) is 9.31. The zero-order chi connectivity index (χ0) is 19.5. The van der Waals surface area contributed by atoms with E-state index in [-0.39, 0.29) is 5.69 Å². The minimum Gasteiger partial charge on any atom is -0.324 e. The maximum absolute atomic E-state index is 12.6. The van der Waals surface area contributed by atoms with Gasteiger partial charge in [-0.1, -0.05) is 30.3 Å². The lowest BCUT2D eigenvalue weighted by atomic mass is 10.1. The second-order valence-corrected chi connectivity index (χ2v) is 7.70. The second kappa shape index (κ2) is 7.46. The Kier molecular flexibility index (Phi) is 5.72. The predicted octanol–water partition coefficient (Wildman–Crippen LogP) is 3.28. The van der Waals surface area contributed by atoms with Crippen molar-refractivity contribution in [3.63, 3.8) is 0 Å². The molecule has 0 spiro atoms. The standard InChI is InChI=1S/C17H17F3N2O3S/c1-22(26(2,24)25)15(12-6-4-3-5-7-12)16(23)21-14-10-8-13(9-11-14)17(18,19)20/h3-11,15H,1-2H3,(H,21,23)/t15-/m0/s1. The van der Waals surface area contributed by atoms with E-state index >= 15 is 0 Å². The molecular formula is C17H17F3N2O3S. The van der Waals surface area contributed by atoms with Crippen LogP contribution in [0.5, 0.6) is 0 Å². The normalized spacial score (nSPS) is 13.5. The number of hydrogen-bond acceptors (Lipinski definition) is 3. The molecule has 0 aromatic heterocycles. The summed E-state index contributed by atoms with van der Waals surface area (Å²) in [6.07, 6.45) is -3.51. The van der Waals surface area contributed by atoms with E-state index in [1.165, 1.54) is 7.05 Å². The third-order valence-electron chi connectivity index (χ3n) is 3.73. The molecule has 2 aromatic rings. The number of carbonyl (C=O) groups excluding carboxylic acids is 1. The van der Waals surface area contributed by atoms with Crippen LogP contribution in [-0.2, 0) is 21.0 Å². The Morgan fingerprint density at radius 2 is 1.58 bits per heavy atom. The van der Waals surface area contributed by atoms with E-state index in [9.17, 15) is 26.4 Å². The molecule has 5 nitrogen and oxygen atoms in total. The molecule has 0 heterocycles. The lowest BCUT2D eigenvalue weighted by molar-refractivity contribution is -0.137. The van der Waals surface area contributed by atoms with Crippen molar-refractivity contribution < 1.29 is 26.4 Å². The number of nitrogens with zero attached hydrogens (tertiary/aromatic N) is 1. The molecular weight excluding hydrogens is 369 g/mol. The molecule has 26 heavy (non-hydrogen) atoms. The van der Waals surface area contributed by atoms with Gasteiger partial charge in [-0.15, -0.1) is 0 Å². The van der Waals surface area contributed by atoms with E-state index in [0.717, 1.165) is 34.8 Å². The molecule has 0 fully saturated rings. The first kappa shape index (κ1) is 19.9. The Balaban J connectivity index is 2.30. The summed E-state index contributed by atoms with van der Waals surface area (Å²) in [6.45, 7) is 0. The topological polar surface area (TPSA) is 66.5 Å². The van der Waals surface area contributed by atoms with E-state index in [4.69, 9.17) is 0 Å². The van der Waals surface area contributed by atoms with Gasteiger partial charge in [0.25, 0.3) is 0 Å². The van der Waals surface area contributed by atoms with Gasteiger partial charge in [0.1, 0.15) is 6.04 Å². The second-order valence-electron chi connectivity index (χ2n) is 5.66. The summed E-state index contributed by atoms with van der Waals surface area (Å²) in [6, 6.07) is 11.0. The lowest BCUT2D eigenvalue weighted by Gasteiger charge is -2.25. The van der Waals surface area contributed by atoms with Crippen LogP contribution in [0.3, 0.4) is 0 Å². The highest BCUT2D eigenvalue weighted by Crippen LogP contribution is 2.30. The van der Waals surface area contributed by atoms with Crippen LogP contribution in [-0.4, -0.2) is 31.9 Å². The van der Waals surface area contributed by atoms with Crippen molar-refractivity contribution in [2.75, 3.05) is 18.6 Å². The Bertz CT molecular complexity index is 866. The van der Waals surface area contributed by atoms with Gasteiger partial charge in [-0.25, -0.2) is 8.42 Å². The molecule has 1 amide bonds. The number of likely N-dealkylation sites (N-methyl/N-ethyl adjacent to an activating group) is 1. The van der Waals surface area contributed by atoms with Gasteiger partial charge < -0.3 is 5.32 Å². The summed E-state index contributed by atoms with van der Waals surface area (Å²) in [5.74, 6) is -0.677. The number of sulfonamides is 1. The summed E-state index contributed by atoms with van der Waals surface area (Å²) in [4.78, 5) is 12.6. The van der Waals surface area contributed by atoms with Crippen LogP contribution in [0.25, 0.3) is 0 Å². The molecule has 9 heteroatoms. The summed E-state index contributed by atoms with van der Waals surface area (Å²) in [5, 5.41) is 2.46. The number of halogens is 3. The maximum atomic E-state index is 12.6. The fourth-order valence-electron chi connectivity index (χ4n) is 2.31. The van der Waals surface area contributed by atoms with Gasteiger partial charge in [-0.3, -0.25) is 4.79 Å². The van der Waals surface area contributed by atoms with Gasteiger partial charge in [-0.05, 0) is 29.8 Å². The van der Waals surface area contributed by atoms with Crippen LogP contribution < -0.4 is 5.32 Å². The van der Waals surface area contributed by atoms with Crippen molar-refractivity contribution in [1.29, 1.82) is 0 Å². The Hall–Kier alpha value is -2.39. The SMILES string of the molecule is CN([C@H](C(=O)Nc1ccc(C(F)(F)F)cc1)c1ccccc1)S(C)(=O)=O. The Morgan fingerprint density at radius 3 is 2.04 bits per heavy atom. The first-order chi connectivity index (χ1) is 12.0. The zero-order valence-corrected chi connectivity index (χ0v) is 14.8. The fourth-order valence-corrected chi connectivity index (χ4v) is 2.91. The highest BCUT2D eigenvalue weighted by atomic mass is 32.2. The summed E-state index contributed by atoms with van der Waals surface area (Å²) < 4.78 is 62.5. The molecule has 2 aromatic carbocycles. The van der Waals surface area contributed by atoms with Crippen molar-refractivity contribution in [1.82, 2.24) is 4.31 Å². The van der Waals surface area contributed by atoms with Crippen LogP contribution >= 0.6 is 0 Å². The first-order valence-electron chi connectivity index (χ1n) is 7.46. The Morgan fingerprint density at radius 1 is 1.04 bits per heavy atom. The number of nitrogens with one attached hydrogen (secondary N) is 1. The lowest BCUT2D eigenvalue weighted by Crippen LogP contribution is -2.38. The molecule has 1 N–H and O–H groups in total. The van der Waals surface area contributed by atoms with Gasteiger partial charge in [0.2, 0.25) is 15.9 Å². The van der Waals surface area contributed by atoms with Gasteiger partial charge >= 0.3 is 6.18 Å². The van der Waals surface area contributed by atoms with E-state index in [2.05, 4.69) is 5.32 Å². The molecule has 140 valence electrons. The van der Waals surface area contributed by atoms with Crippen LogP contribution in [0.2, 0.25) is 0 Å². The van der Waals surface area contributed by atoms with Gasteiger partial charge in [0.15, 0.2) is 0 Å². The smallest absolute Gasteiger partial charge is 0.324 e. The van der Waals surface area contributed by atoms with Crippen LogP contribution in [0, 0.1) is 0 Å². The third-order valence-corrected chi connectivity index (χ3v) is 4.99. The quantitative estimate of drug-likeness (QED) is 0.858. The van der Waals surface area contributed by atoms with E-state index in [0.29, 0.717) is 5.56 Å². The molecule has 0 aliphatic heterocycles. The van der Waals surface area contributed by atoms with Crippen LogP contribution in [0.4, 0.5) is 18.9 Å². The van der Waals surface area contributed by atoms with Crippen molar-refractivity contribution in [3.05, 3.63) is 65.7 Å². The molecule has 1 atom stereocenters. The summed E-state index contributed by atoms with van der Waals surface area (Å²) in [5.41, 5.74) is -0.279. The van der Waals surface area contributed by atoms with Crippen LogP contribution in [0.15, 0.2) is 54.6 Å². The minimum absolute atomic E-state index is 0.130. The number of rotatable bonds is 5. The van der Waals surface area contributed by atoms with Crippen molar-refractivity contribution in [2.24, 2.45) is 0 Å². The van der Waals surface area contributed by atoms with Gasteiger partial charge in [-0.2, -0.15) is 17.5 Å². The number of amides is 1. The summed E-state index contributed by atoms with van der Waals surface area (Å²) in [7, 11) is -2.43. The van der Waals surface area contributed by atoms with E-state index < -0.39 is 33.7 Å². The number of benzene rings is 2. The Labute approximate surface area is 149 Å². The molecule has 0 aliphatic rings. The largest absolute Gasteiger partial charge is 0.416 e. The van der Waals surface area contributed by atoms with Crippen LogP contribution in [0.1, 0.15) is 17.2 Å². The number of hydrogen-bond donors (Lipinski definition) is 1. The predicted molar refractivity (Wildman–Crippen MR) is 91.9 cm³/mol. The molecule has 0 radical (unpaired) electrons. The number of anilines is 1.